The number of aliphatic hydroxyl groups is 3. The van der Waals surface area contributed by atoms with Gasteiger partial charge in [-0.2, -0.15) is 0 Å². The highest BCUT2D eigenvalue weighted by molar-refractivity contribution is 5.76. The van der Waals surface area contributed by atoms with Crippen LogP contribution in [0.15, 0.2) is 12.2 Å². The van der Waals surface area contributed by atoms with E-state index in [0.717, 1.165) is 38.5 Å². The second-order valence-electron chi connectivity index (χ2n) is 16.3. The lowest BCUT2D eigenvalue weighted by atomic mass is 9.99. The highest BCUT2D eigenvalue weighted by atomic mass is 16.3. The van der Waals surface area contributed by atoms with Crippen molar-refractivity contribution in [3.05, 3.63) is 12.2 Å². The number of rotatable bonds is 43. The second-order valence-corrected chi connectivity index (χ2v) is 16.3. The van der Waals surface area contributed by atoms with Crippen molar-refractivity contribution in [1.29, 1.82) is 0 Å². The van der Waals surface area contributed by atoms with Gasteiger partial charge in [0.1, 0.15) is 6.10 Å². The van der Waals surface area contributed by atoms with E-state index in [1.165, 1.54) is 193 Å². The third-order valence-corrected chi connectivity index (χ3v) is 11.1. The van der Waals surface area contributed by atoms with Gasteiger partial charge in [-0.05, 0) is 38.5 Å². The van der Waals surface area contributed by atoms with Crippen LogP contribution in [-0.2, 0) is 4.79 Å². The van der Waals surface area contributed by atoms with Gasteiger partial charge >= 0.3 is 0 Å². The molecule has 5 nitrogen and oxygen atoms in total. The maximum atomic E-state index is 12.4. The Labute approximate surface area is 325 Å². The molecule has 0 rings (SSSR count). The zero-order valence-electron chi connectivity index (χ0n) is 35.2. The average Bonchev–Trinajstić information content (AvgIpc) is 3.15. The molecule has 0 saturated heterocycles. The molecule has 310 valence electrons. The van der Waals surface area contributed by atoms with E-state index >= 15 is 0 Å². The Morgan fingerprint density at radius 3 is 1.12 bits per heavy atom. The Hall–Kier alpha value is -0.910. The van der Waals surface area contributed by atoms with Crippen LogP contribution in [0, 0.1) is 0 Å². The fourth-order valence-electron chi connectivity index (χ4n) is 7.45. The summed E-state index contributed by atoms with van der Waals surface area (Å²) in [6.07, 6.45) is 50.4. The molecule has 0 aromatic rings. The number of aliphatic hydroxyl groups excluding tert-OH is 3. The molecule has 0 aliphatic rings. The van der Waals surface area contributed by atoms with Crippen molar-refractivity contribution in [3.8, 4) is 0 Å². The molecule has 5 heteroatoms. The van der Waals surface area contributed by atoms with Crippen molar-refractivity contribution < 1.29 is 20.1 Å². The smallest absolute Gasteiger partial charge is 0.220 e. The summed E-state index contributed by atoms with van der Waals surface area (Å²) in [5, 5.41) is 33.6. The highest BCUT2D eigenvalue weighted by Crippen LogP contribution is 2.17. The number of hydrogen-bond donors (Lipinski definition) is 4. The summed E-state index contributed by atoms with van der Waals surface area (Å²) < 4.78 is 0. The molecule has 0 fully saturated rings. The van der Waals surface area contributed by atoms with E-state index in [0.29, 0.717) is 12.8 Å². The van der Waals surface area contributed by atoms with Gasteiger partial charge in [0.25, 0.3) is 0 Å². The summed E-state index contributed by atoms with van der Waals surface area (Å²) in [6.45, 7) is 4.20. The summed E-state index contributed by atoms with van der Waals surface area (Å²) in [6, 6.07) is -0.808. The number of amides is 1. The third-order valence-electron chi connectivity index (χ3n) is 11.1. The highest BCUT2D eigenvalue weighted by Gasteiger charge is 2.26. The standard InChI is InChI=1S/C47H93NO4/c1-3-5-7-9-11-13-15-17-19-21-23-24-26-28-30-32-34-36-38-40-42-46(51)48-44(43-49)47(52)45(50)41-39-37-35-33-31-29-27-25-22-20-18-16-14-12-10-8-6-4-2/h23-24,44-45,47,49-50,52H,3-22,25-43H2,1-2H3,(H,48,51)/b24-23-. The first-order valence-corrected chi connectivity index (χ1v) is 23.5. The zero-order valence-corrected chi connectivity index (χ0v) is 35.2. The predicted molar refractivity (Wildman–Crippen MR) is 227 cm³/mol. The van der Waals surface area contributed by atoms with E-state index in [4.69, 9.17) is 0 Å². The Bertz CT molecular complexity index is 728. The number of allylic oxidation sites excluding steroid dienone is 2. The Kier molecular flexibility index (Phi) is 42.1. The maximum absolute atomic E-state index is 12.4. The van der Waals surface area contributed by atoms with Gasteiger partial charge in [0.05, 0.1) is 18.8 Å². The molecule has 3 atom stereocenters. The molecule has 0 bridgehead atoms. The Morgan fingerprint density at radius 1 is 0.462 bits per heavy atom. The van der Waals surface area contributed by atoms with Gasteiger partial charge < -0.3 is 20.6 Å². The number of unbranched alkanes of at least 4 members (excludes halogenated alkanes) is 33. The van der Waals surface area contributed by atoms with Crippen molar-refractivity contribution in [1.82, 2.24) is 5.32 Å². The first-order valence-electron chi connectivity index (χ1n) is 23.5. The molecular formula is C47H93NO4. The molecule has 1 amide bonds. The van der Waals surface area contributed by atoms with Crippen LogP contribution >= 0.6 is 0 Å². The zero-order chi connectivity index (χ0) is 38.0. The fourth-order valence-corrected chi connectivity index (χ4v) is 7.45. The van der Waals surface area contributed by atoms with Gasteiger partial charge in [0.15, 0.2) is 0 Å². The van der Waals surface area contributed by atoms with Crippen molar-refractivity contribution in [2.75, 3.05) is 6.61 Å². The van der Waals surface area contributed by atoms with E-state index in [1.54, 1.807) is 0 Å². The minimum Gasteiger partial charge on any atom is -0.394 e. The number of carbonyl (C=O) groups excluding carboxylic acids is 1. The van der Waals surface area contributed by atoms with Gasteiger partial charge in [-0.3, -0.25) is 4.79 Å². The molecule has 0 radical (unpaired) electrons. The summed E-state index contributed by atoms with van der Waals surface area (Å²) in [5.74, 6) is -0.146. The normalized spacial score (nSPS) is 13.6. The summed E-state index contributed by atoms with van der Waals surface area (Å²) >= 11 is 0. The first-order chi connectivity index (χ1) is 25.6. The molecule has 0 aliphatic carbocycles. The summed E-state index contributed by atoms with van der Waals surface area (Å²) in [5.41, 5.74) is 0. The molecule has 3 unspecified atom stereocenters. The number of nitrogens with one attached hydrogen (secondary N) is 1. The monoisotopic (exact) mass is 736 g/mol. The van der Waals surface area contributed by atoms with Gasteiger partial charge in [0.2, 0.25) is 5.91 Å². The van der Waals surface area contributed by atoms with Crippen LogP contribution in [0.2, 0.25) is 0 Å². The van der Waals surface area contributed by atoms with Crippen LogP contribution in [0.3, 0.4) is 0 Å². The lowest BCUT2D eigenvalue weighted by molar-refractivity contribution is -0.124. The quantitative estimate of drug-likeness (QED) is 0.0371. The predicted octanol–water partition coefficient (Wildman–Crippen LogP) is 13.6. The van der Waals surface area contributed by atoms with E-state index in [-0.39, 0.29) is 12.5 Å². The molecule has 0 aliphatic heterocycles. The third kappa shape index (κ3) is 37.4. The second kappa shape index (κ2) is 42.8. The van der Waals surface area contributed by atoms with Crippen LogP contribution in [0.25, 0.3) is 0 Å². The van der Waals surface area contributed by atoms with E-state index < -0.39 is 18.2 Å². The largest absolute Gasteiger partial charge is 0.394 e. The molecule has 4 N–H and O–H groups in total. The molecule has 0 aromatic heterocycles. The average molecular weight is 736 g/mol. The Balaban J connectivity index is 3.59. The Morgan fingerprint density at radius 2 is 0.769 bits per heavy atom. The molecule has 0 spiro atoms. The first kappa shape index (κ1) is 51.1. The van der Waals surface area contributed by atoms with Gasteiger partial charge in [0, 0.05) is 6.42 Å². The number of carbonyl (C=O) groups is 1. The minimum absolute atomic E-state index is 0.146. The molecule has 0 heterocycles. The molecule has 0 aromatic carbocycles. The molecule has 0 saturated carbocycles. The van der Waals surface area contributed by atoms with Crippen molar-refractivity contribution in [2.24, 2.45) is 0 Å². The van der Waals surface area contributed by atoms with E-state index in [9.17, 15) is 20.1 Å². The topological polar surface area (TPSA) is 89.8 Å². The van der Waals surface area contributed by atoms with Crippen molar-refractivity contribution >= 4 is 5.91 Å². The summed E-state index contributed by atoms with van der Waals surface area (Å²) in [7, 11) is 0. The lowest BCUT2D eigenvalue weighted by Crippen LogP contribution is -2.50. The maximum Gasteiger partial charge on any atom is 0.220 e. The lowest BCUT2D eigenvalue weighted by Gasteiger charge is -2.26. The van der Waals surface area contributed by atoms with Gasteiger partial charge in [-0.1, -0.05) is 225 Å². The SMILES string of the molecule is CCCCCCCCCCC/C=C\CCCCCCCCCC(=O)NC(CO)C(O)C(O)CCCCCCCCCCCCCCCCCCCC. The van der Waals surface area contributed by atoms with Gasteiger partial charge in [-0.25, -0.2) is 0 Å². The van der Waals surface area contributed by atoms with Crippen LogP contribution in [0.4, 0.5) is 0 Å². The van der Waals surface area contributed by atoms with Crippen LogP contribution < -0.4 is 5.32 Å². The van der Waals surface area contributed by atoms with Crippen LogP contribution in [0.1, 0.15) is 258 Å². The number of hydrogen-bond acceptors (Lipinski definition) is 4. The minimum atomic E-state index is -1.13. The fraction of sp³-hybridized carbons (Fsp3) is 0.936. The van der Waals surface area contributed by atoms with Crippen LogP contribution in [-0.4, -0.2) is 46.1 Å². The van der Waals surface area contributed by atoms with E-state index in [1.807, 2.05) is 0 Å². The van der Waals surface area contributed by atoms with Crippen LogP contribution in [0.5, 0.6) is 0 Å². The molecule has 52 heavy (non-hydrogen) atoms. The van der Waals surface area contributed by atoms with Gasteiger partial charge in [-0.15, -0.1) is 0 Å². The summed E-state index contributed by atoms with van der Waals surface area (Å²) in [4.78, 5) is 12.4. The van der Waals surface area contributed by atoms with E-state index in [2.05, 4.69) is 31.3 Å². The molecular weight excluding hydrogens is 643 g/mol. The van der Waals surface area contributed by atoms with Crippen molar-refractivity contribution in [3.63, 3.8) is 0 Å². The van der Waals surface area contributed by atoms with Crippen molar-refractivity contribution in [2.45, 2.75) is 276 Å².